The van der Waals surface area contributed by atoms with E-state index in [2.05, 4.69) is 25.6 Å². The first-order valence-corrected chi connectivity index (χ1v) is 8.11. The minimum Gasteiger partial charge on any atom is -0.497 e. The van der Waals surface area contributed by atoms with Crippen LogP contribution in [0.2, 0.25) is 0 Å². The van der Waals surface area contributed by atoms with Gasteiger partial charge in [-0.3, -0.25) is 19.9 Å². The molecule has 2 aromatic heterocycles. The van der Waals surface area contributed by atoms with Crippen molar-refractivity contribution in [3.63, 3.8) is 0 Å². The molecular weight excluding hydrogens is 336 g/mol. The Balaban J connectivity index is 1.60. The number of carbonyl (C=O) groups excluding carboxylic acids is 1. The van der Waals surface area contributed by atoms with Crippen molar-refractivity contribution in [3.8, 4) is 22.9 Å². The van der Waals surface area contributed by atoms with Crippen molar-refractivity contribution >= 4 is 11.9 Å². The predicted octanol–water partition coefficient (Wildman–Crippen LogP) is 2.10. The van der Waals surface area contributed by atoms with Gasteiger partial charge >= 0.3 is 0 Å². The molecule has 0 radical (unpaired) electrons. The number of hydrogen-bond donors (Lipinski definition) is 2. The Kier molecular flexibility index (Phi) is 5.47. The second-order valence-corrected chi connectivity index (χ2v) is 5.49. The van der Waals surface area contributed by atoms with Gasteiger partial charge in [-0.05, 0) is 24.6 Å². The van der Waals surface area contributed by atoms with Gasteiger partial charge in [0, 0.05) is 31.4 Å². The van der Waals surface area contributed by atoms with Crippen molar-refractivity contribution in [1.82, 2.24) is 25.0 Å². The third-order valence-corrected chi connectivity index (χ3v) is 3.75. The van der Waals surface area contributed by atoms with Crippen molar-refractivity contribution < 1.29 is 14.3 Å². The van der Waals surface area contributed by atoms with E-state index in [1.165, 1.54) is 0 Å². The highest BCUT2D eigenvalue weighted by Crippen LogP contribution is 2.31. The number of H-pyrrole nitrogens is 1. The number of nitrogens with zero attached hydrogens (tertiary/aromatic N) is 4. The van der Waals surface area contributed by atoms with Gasteiger partial charge in [-0.2, -0.15) is 10.1 Å². The zero-order chi connectivity index (χ0) is 18.4. The summed E-state index contributed by atoms with van der Waals surface area (Å²) in [5.74, 6) is 1.84. The van der Waals surface area contributed by atoms with Crippen LogP contribution >= 0.6 is 0 Å². The lowest BCUT2D eigenvalue weighted by molar-refractivity contribution is -0.116. The van der Waals surface area contributed by atoms with Gasteiger partial charge in [0.15, 0.2) is 5.82 Å². The first-order chi connectivity index (χ1) is 12.7. The summed E-state index contributed by atoms with van der Waals surface area (Å²) >= 11 is 0. The molecule has 136 valence electrons. The minimum atomic E-state index is -0.149. The summed E-state index contributed by atoms with van der Waals surface area (Å²) < 4.78 is 12.3. The third-order valence-electron chi connectivity index (χ3n) is 3.75. The van der Waals surface area contributed by atoms with Crippen LogP contribution in [0.1, 0.15) is 12.8 Å². The Labute approximate surface area is 150 Å². The average molecular weight is 356 g/mol. The van der Waals surface area contributed by atoms with Crippen molar-refractivity contribution in [2.75, 3.05) is 19.5 Å². The summed E-state index contributed by atoms with van der Waals surface area (Å²) in [5, 5.41) is 13.6. The summed E-state index contributed by atoms with van der Waals surface area (Å²) in [6.45, 7) is 0.683. The highest BCUT2D eigenvalue weighted by Gasteiger charge is 2.13. The van der Waals surface area contributed by atoms with E-state index in [9.17, 15) is 4.79 Å². The zero-order valence-corrected chi connectivity index (χ0v) is 14.6. The number of ether oxygens (including phenoxy) is 2. The Morgan fingerprint density at radius 3 is 2.92 bits per heavy atom. The van der Waals surface area contributed by atoms with E-state index in [0.717, 1.165) is 5.56 Å². The van der Waals surface area contributed by atoms with Gasteiger partial charge in [0.25, 0.3) is 0 Å². The van der Waals surface area contributed by atoms with E-state index in [0.29, 0.717) is 36.7 Å². The quantitative estimate of drug-likeness (QED) is 0.640. The molecule has 3 rings (SSSR count). The van der Waals surface area contributed by atoms with E-state index in [-0.39, 0.29) is 11.9 Å². The van der Waals surface area contributed by atoms with Gasteiger partial charge in [-0.1, -0.05) is 0 Å². The van der Waals surface area contributed by atoms with Crippen LogP contribution in [0.5, 0.6) is 11.5 Å². The first kappa shape index (κ1) is 17.5. The van der Waals surface area contributed by atoms with Crippen molar-refractivity contribution in [1.29, 1.82) is 0 Å². The first-order valence-electron chi connectivity index (χ1n) is 8.11. The lowest BCUT2D eigenvalue weighted by Gasteiger charge is -2.07. The molecule has 0 spiro atoms. The van der Waals surface area contributed by atoms with E-state index in [1.54, 1.807) is 37.2 Å². The lowest BCUT2D eigenvalue weighted by Crippen LogP contribution is -2.13. The minimum absolute atomic E-state index is 0.149. The van der Waals surface area contributed by atoms with E-state index < -0.39 is 0 Å². The smallest absolute Gasteiger partial charge is 0.249 e. The third kappa shape index (κ3) is 4.18. The zero-order valence-electron chi connectivity index (χ0n) is 14.6. The molecule has 9 nitrogen and oxygen atoms in total. The van der Waals surface area contributed by atoms with Gasteiger partial charge < -0.3 is 9.47 Å². The van der Waals surface area contributed by atoms with Crippen molar-refractivity contribution in [2.45, 2.75) is 19.4 Å². The molecule has 0 aliphatic rings. The van der Waals surface area contributed by atoms with Crippen LogP contribution in [0.25, 0.3) is 11.4 Å². The molecule has 0 fully saturated rings. The fraction of sp³-hybridized carbons (Fsp3) is 0.294. The molecule has 1 amide bonds. The number of anilines is 1. The Morgan fingerprint density at radius 2 is 2.19 bits per heavy atom. The molecule has 0 saturated heterocycles. The number of carbonyl (C=O) groups is 1. The molecule has 0 atom stereocenters. The molecule has 0 aliphatic carbocycles. The molecule has 1 aromatic carbocycles. The molecule has 0 aliphatic heterocycles. The summed E-state index contributed by atoms with van der Waals surface area (Å²) in [6.07, 6.45) is 4.61. The van der Waals surface area contributed by atoms with Crippen LogP contribution in [-0.2, 0) is 11.3 Å². The number of aromatic amines is 1. The number of hydrogen-bond acceptors (Lipinski definition) is 6. The molecule has 0 bridgehead atoms. The maximum Gasteiger partial charge on any atom is 0.249 e. The number of aryl methyl sites for hydroxylation is 1. The van der Waals surface area contributed by atoms with Gasteiger partial charge in [-0.15, -0.1) is 5.10 Å². The number of methoxy groups -OCH3 is 2. The van der Waals surface area contributed by atoms with E-state index in [4.69, 9.17) is 9.47 Å². The Bertz CT molecular complexity index is 859. The molecule has 26 heavy (non-hydrogen) atoms. The topological polar surface area (TPSA) is 107 Å². The molecule has 2 heterocycles. The van der Waals surface area contributed by atoms with Gasteiger partial charge in [0.1, 0.15) is 11.5 Å². The second-order valence-electron chi connectivity index (χ2n) is 5.49. The predicted molar refractivity (Wildman–Crippen MR) is 95.0 cm³/mol. The van der Waals surface area contributed by atoms with Crippen LogP contribution < -0.4 is 14.8 Å². The molecule has 2 N–H and O–H groups in total. The maximum absolute atomic E-state index is 12.0. The van der Waals surface area contributed by atoms with Crippen LogP contribution in [0.4, 0.5) is 5.95 Å². The molecule has 0 saturated carbocycles. The lowest BCUT2D eigenvalue weighted by atomic mass is 10.2. The SMILES string of the molecule is COc1ccc(-c2nc(NC(=O)CCCn3cccn3)n[nH]2)c(OC)c1. The number of amides is 1. The second kappa shape index (κ2) is 8.15. The summed E-state index contributed by atoms with van der Waals surface area (Å²) in [5.41, 5.74) is 0.722. The summed E-state index contributed by atoms with van der Waals surface area (Å²) in [7, 11) is 3.15. The number of nitrogens with one attached hydrogen (secondary N) is 2. The number of rotatable bonds is 8. The monoisotopic (exact) mass is 356 g/mol. The Hall–Kier alpha value is -3.36. The summed E-state index contributed by atoms with van der Waals surface area (Å²) in [4.78, 5) is 16.3. The number of benzene rings is 1. The van der Waals surface area contributed by atoms with Crippen molar-refractivity contribution in [3.05, 3.63) is 36.7 Å². The fourth-order valence-corrected chi connectivity index (χ4v) is 2.45. The molecule has 9 heteroatoms. The standard InChI is InChI=1S/C17H20N6O3/c1-25-12-6-7-13(14(11-12)26-2)16-20-17(22-21-16)19-15(24)5-3-9-23-10-4-8-18-23/h4,6-8,10-11H,3,5,9H2,1-2H3,(H2,19,20,21,22,24). The van der Waals surface area contributed by atoms with E-state index in [1.807, 2.05) is 18.3 Å². The normalized spacial score (nSPS) is 10.5. The van der Waals surface area contributed by atoms with Crippen LogP contribution in [0.3, 0.4) is 0 Å². The van der Waals surface area contributed by atoms with Crippen molar-refractivity contribution in [2.24, 2.45) is 0 Å². The highest BCUT2D eigenvalue weighted by molar-refractivity contribution is 5.89. The van der Waals surface area contributed by atoms with Gasteiger partial charge in [0.2, 0.25) is 11.9 Å². The van der Waals surface area contributed by atoms with E-state index >= 15 is 0 Å². The number of aromatic nitrogens is 5. The molecular formula is C17H20N6O3. The maximum atomic E-state index is 12.0. The molecule has 0 unspecified atom stereocenters. The van der Waals surface area contributed by atoms with Crippen LogP contribution in [0, 0.1) is 0 Å². The fourth-order valence-electron chi connectivity index (χ4n) is 2.45. The van der Waals surface area contributed by atoms with Gasteiger partial charge in [-0.25, -0.2) is 0 Å². The molecule has 3 aromatic rings. The highest BCUT2D eigenvalue weighted by atomic mass is 16.5. The van der Waals surface area contributed by atoms with Crippen LogP contribution in [0.15, 0.2) is 36.7 Å². The summed E-state index contributed by atoms with van der Waals surface area (Å²) in [6, 6.07) is 7.22. The van der Waals surface area contributed by atoms with Gasteiger partial charge in [0.05, 0.1) is 19.8 Å². The largest absolute Gasteiger partial charge is 0.497 e. The Morgan fingerprint density at radius 1 is 1.31 bits per heavy atom. The average Bonchev–Trinajstić information content (AvgIpc) is 3.33. The van der Waals surface area contributed by atoms with Crippen LogP contribution in [-0.4, -0.2) is 45.1 Å².